The van der Waals surface area contributed by atoms with E-state index in [0.717, 1.165) is 0 Å². The van der Waals surface area contributed by atoms with E-state index in [9.17, 15) is 10.1 Å². The molecule has 1 radical (unpaired) electrons. The van der Waals surface area contributed by atoms with Gasteiger partial charge in [0.05, 0.1) is 4.92 Å². The third kappa shape index (κ3) is 2.57. The highest BCUT2D eigenvalue weighted by Gasteiger charge is 2.09. The summed E-state index contributed by atoms with van der Waals surface area (Å²) in [6, 6.07) is 12.2. The van der Waals surface area contributed by atoms with Crippen LogP contribution in [0.1, 0.15) is 0 Å². The molecule has 2 aromatic carbocycles. The van der Waals surface area contributed by atoms with Gasteiger partial charge in [-0.1, -0.05) is 29.3 Å². The number of non-ortho nitro benzene ring substituents is 1. The first-order valence-corrected chi connectivity index (χ1v) is 5.45. The fourth-order valence-electron chi connectivity index (χ4n) is 1.43. The van der Waals surface area contributed by atoms with Gasteiger partial charge in [-0.3, -0.25) is 10.1 Å². The van der Waals surface area contributed by atoms with Gasteiger partial charge >= 0.3 is 0 Å². The zero-order valence-corrected chi connectivity index (χ0v) is 10.00. The van der Waals surface area contributed by atoms with E-state index in [4.69, 9.17) is 23.2 Å². The summed E-state index contributed by atoms with van der Waals surface area (Å²) < 4.78 is 0. The second kappa shape index (κ2) is 4.73. The highest BCUT2D eigenvalue weighted by atomic mass is 35.5. The zero-order valence-electron chi connectivity index (χ0n) is 8.48. The minimum absolute atomic E-state index is 0.00441. The molecule has 5 heteroatoms. The van der Waals surface area contributed by atoms with Crippen molar-refractivity contribution >= 4 is 28.9 Å². The fourth-order valence-corrected chi connectivity index (χ4v) is 1.94. The van der Waals surface area contributed by atoms with E-state index in [2.05, 4.69) is 6.07 Å². The lowest BCUT2D eigenvalue weighted by atomic mass is 10.1. The van der Waals surface area contributed by atoms with Crippen LogP contribution in [-0.4, -0.2) is 4.92 Å². The molecular weight excluding hydrogens is 261 g/mol. The Hall–Kier alpha value is -1.58. The van der Waals surface area contributed by atoms with E-state index in [1.807, 2.05) is 0 Å². The van der Waals surface area contributed by atoms with E-state index in [0.29, 0.717) is 21.2 Å². The van der Waals surface area contributed by atoms with Gasteiger partial charge in [-0.05, 0) is 29.8 Å². The van der Waals surface area contributed by atoms with Crippen molar-refractivity contribution in [2.24, 2.45) is 0 Å². The Kier molecular flexibility index (Phi) is 3.31. The van der Waals surface area contributed by atoms with Crippen molar-refractivity contribution in [2.75, 3.05) is 0 Å². The first kappa shape index (κ1) is 11.9. The molecule has 0 bridgehead atoms. The van der Waals surface area contributed by atoms with Crippen LogP contribution in [0.2, 0.25) is 10.0 Å². The third-order valence-electron chi connectivity index (χ3n) is 2.22. The van der Waals surface area contributed by atoms with Crippen LogP contribution in [0.5, 0.6) is 0 Å². The number of hydrogen-bond acceptors (Lipinski definition) is 2. The van der Waals surface area contributed by atoms with Gasteiger partial charge in [0.25, 0.3) is 5.69 Å². The number of halogens is 2. The minimum Gasteiger partial charge on any atom is -0.258 e. The average Bonchev–Trinajstić information content (AvgIpc) is 2.29. The topological polar surface area (TPSA) is 43.1 Å². The summed E-state index contributed by atoms with van der Waals surface area (Å²) in [5.74, 6) is 0. The number of benzene rings is 2. The van der Waals surface area contributed by atoms with Crippen molar-refractivity contribution in [3.63, 3.8) is 0 Å². The van der Waals surface area contributed by atoms with E-state index >= 15 is 0 Å². The molecule has 0 amide bonds. The molecule has 0 fully saturated rings. The predicted octanol–water partition coefficient (Wildman–Crippen LogP) is 4.37. The summed E-state index contributed by atoms with van der Waals surface area (Å²) in [7, 11) is 0. The Morgan fingerprint density at radius 1 is 1.18 bits per heavy atom. The Balaban J connectivity index is 2.53. The first-order valence-electron chi connectivity index (χ1n) is 4.69. The Bertz CT molecular complexity index is 584. The zero-order chi connectivity index (χ0) is 12.4. The maximum atomic E-state index is 10.7. The molecule has 0 aromatic heterocycles. The van der Waals surface area contributed by atoms with Gasteiger partial charge in [0.1, 0.15) is 0 Å². The smallest absolute Gasteiger partial charge is 0.258 e. The van der Waals surface area contributed by atoms with Gasteiger partial charge in [0, 0.05) is 27.7 Å². The molecular formula is C12H6Cl2NO2. The molecule has 85 valence electrons. The van der Waals surface area contributed by atoms with Crippen LogP contribution in [0.25, 0.3) is 11.1 Å². The molecule has 0 atom stereocenters. The van der Waals surface area contributed by atoms with Crippen molar-refractivity contribution in [1.82, 2.24) is 0 Å². The quantitative estimate of drug-likeness (QED) is 0.599. The normalized spacial score (nSPS) is 10.2. The van der Waals surface area contributed by atoms with Gasteiger partial charge in [0.2, 0.25) is 0 Å². The number of nitro groups is 1. The van der Waals surface area contributed by atoms with Gasteiger partial charge in [0.15, 0.2) is 0 Å². The van der Waals surface area contributed by atoms with Crippen molar-refractivity contribution < 1.29 is 4.92 Å². The molecule has 3 nitrogen and oxygen atoms in total. The molecule has 0 spiro atoms. The molecule has 0 saturated carbocycles. The Morgan fingerprint density at radius 3 is 2.59 bits per heavy atom. The first-order chi connectivity index (χ1) is 8.08. The number of rotatable bonds is 2. The van der Waals surface area contributed by atoms with Gasteiger partial charge in [-0.15, -0.1) is 0 Å². The lowest BCUT2D eigenvalue weighted by Crippen LogP contribution is -1.88. The lowest BCUT2D eigenvalue weighted by molar-refractivity contribution is -0.384. The molecule has 0 aliphatic heterocycles. The highest BCUT2D eigenvalue weighted by Crippen LogP contribution is 2.31. The maximum Gasteiger partial charge on any atom is 0.270 e. The van der Waals surface area contributed by atoms with Crippen LogP contribution in [0, 0.1) is 16.2 Å². The van der Waals surface area contributed by atoms with E-state index in [-0.39, 0.29) is 5.69 Å². The summed E-state index contributed by atoms with van der Waals surface area (Å²) in [4.78, 5) is 10.2. The molecule has 17 heavy (non-hydrogen) atoms. The van der Waals surface area contributed by atoms with Crippen molar-refractivity contribution in [1.29, 1.82) is 0 Å². The second-order valence-electron chi connectivity index (χ2n) is 3.34. The predicted molar refractivity (Wildman–Crippen MR) is 67.4 cm³/mol. The molecule has 2 aromatic rings. The number of nitrogens with zero attached hydrogens (tertiary/aromatic N) is 1. The van der Waals surface area contributed by atoms with Crippen LogP contribution in [-0.2, 0) is 0 Å². The van der Waals surface area contributed by atoms with Crippen LogP contribution in [0.15, 0.2) is 36.4 Å². The van der Waals surface area contributed by atoms with Crippen LogP contribution in [0.3, 0.4) is 0 Å². The number of nitro benzene ring substituents is 1. The molecule has 0 aliphatic rings. The average molecular weight is 267 g/mol. The molecule has 0 aliphatic carbocycles. The highest BCUT2D eigenvalue weighted by molar-refractivity contribution is 6.36. The summed E-state index contributed by atoms with van der Waals surface area (Å²) in [5, 5.41) is 11.6. The van der Waals surface area contributed by atoms with E-state index < -0.39 is 4.92 Å². The molecule has 0 N–H and O–H groups in total. The fraction of sp³-hybridized carbons (Fsp3) is 0. The molecule has 0 heterocycles. The largest absolute Gasteiger partial charge is 0.270 e. The minimum atomic E-state index is -0.457. The van der Waals surface area contributed by atoms with E-state index in [1.165, 1.54) is 18.2 Å². The summed E-state index contributed by atoms with van der Waals surface area (Å²) in [5.41, 5.74) is 1.24. The summed E-state index contributed by atoms with van der Waals surface area (Å²) >= 11 is 11.8. The Labute approximate surface area is 108 Å². The molecule has 0 saturated heterocycles. The monoisotopic (exact) mass is 266 g/mol. The maximum absolute atomic E-state index is 10.7. The van der Waals surface area contributed by atoms with Crippen LogP contribution in [0.4, 0.5) is 5.69 Å². The molecule has 0 unspecified atom stereocenters. The van der Waals surface area contributed by atoms with Gasteiger partial charge in [-0.25, -0.2) is 0 Å². The van der Waals surface area contributed by atoms with Crippen LogP contribution >= 0.6 is 23.2 Å². The SMILES string of the molecule is O=[N+]([O-])c1cc[c]c(-c2ccc(Cl)cc2Cl)c1. The summed E-state index contributed by atoms with van der Waals surface area (Å²) in [6.45, 7) is 0. The number of hydrogen-bond donors (Lipinski definition) is 0. The summed E-state index contributed by atoms with van der Waals surface area (Å²) in [6.07, 6.45) is 0. The van der Waals surface area contributed by atoms with Gasteiger partial charge in [-0.2, -0.15) is 0 Å². The van der Waals surface area contributed by atoms with E-state index in [1.54, 1.807) is 18.2 Å². The standard InChI is InChI=1S/C12H6Cl2NO2/c13-9-4-5-11(12(14)7-9)8-2-1-3-10(6-8)15(16)17/h1,3-7H. The van der Waals surface area contributed by atoms with Crippen LogP contribution < -0.4 is 0 Å². The third-order valence-corrected chi connectivity index (χ3v) is 2.77. The van der Waals surface area contributed by atoms with Crippen molar-refractivity contribution in [3.05, 3.63) is 62.6 Å². The van der Waals surface area contributed by atoms with Crippen molar-refractivity contribution in [3.8, 4) is 11.1 Å². The van der Waals surface area contributed by atoms with Crippen molar-refractivity contribution in [2.45, 2.75) is 0 Å². The molecule has 2 rings (SSSR count). The second-order valence-corrected chi connectivity index (χ2v) is 4.19. The Morgan fingerprint density at radius 2 is 1.94 bits per heavy atom. The van der Waals surface area contributed by atoms with Gasteiger partial charge < -0.3 is 0 Å². The lowest BCUT2D eigenvalue weighted by Gasteiger charge is -2.04.